The van der Waals surface area contributed by atoms with Crippen LogP contribution in [0.3, 0.4) is 0 Å². The molecule has 0 fully saturated rings. The number of amides is 1. The highest BCUT2D eigenvalue weighted by atomic mass is 35.6. The summed E-state index contributed by atoms with van der Waals surface area (Å²) in [5.41, 5.74) is 5.53. The topological polar surface area (TPSA) is 69.4 Å². The van der Waals surface area contributed by atoms with Gasteiger partial charge in [0.15, 0.2) is 5.92 Å². The maximum Gasteiger partial charge on any atom is 0.323 e. The maximum atomic E-state index is 11.8. The summed E-state index contributed by atoms with van der Waals surface area (Å²) in [6.07, 6.45) is 0. The third-order valence-electron chi connectivity index (χ3n) is 2.10. The third kappa shape index (κ3) is 5.45. The molecule has 0 saturated heterocycles. The Labute approximate surface area is 129 Å². The number of hydrogen-bond acceptors (Lipinski definition) is 3. The van der Waals surface area contributed by atoms with Gasteiger partial charge in [-0.15, -0.1) is 0 Å². The minimum Gasteiger partial charge on any atom is -0.460 e. The molecule has 4 nitrogen and oxygen atoms in total. The zero-order valence-corrected chi connectivity index (χ0v) is 12.4. The number of carbonyl (C=O) groups is 2. The fourth-order valence-corrected chi connectivity index (χ4v) is 1.60. The van der Waals surface area contributed by atoms with E-state index in [0.717, 1.165) is 0 Å². The van der Waals surface area contributed by atoms with Crippen molar-refractivity contribution in [2.45, 2.75) is 9.71 Å². The molecule has 0 heterocycles. The molecule has 0 aliphatic carbocycles. The van der Waals surface area contributed by atoms with Gasteiger partial charge in [0.2, 0.25) is 9.70 Å². The van der Waals surface area contributed by atoms with Crippen LogP contribution in [-0.2, 0) is 14.3 Å². The number of halogens is 4. The van der Waals surface area contributed by atoms with Crippen molar-refractivity contribution in [3.8, 4) is 0 Å². The minimum absolute atomic E-state index is 0.353. The standard InChI is InChI=1S/C11H9Cl4NO3/c12-7-3-1-6(2-4-7)8(9(16)17)10(18)19-5-11(13,14)15/h1-4,8H,5H2,(H2,16,17). The Kier molecular flexibility index (Phi) is 5.74. The van der Waals surface area contributed by atoms with Crippen LogP contribution in [0.4, 0.5) is 0 Å². The second-order valence-electron chi connectivity index (χ2n) is 3.61. The van der Waals surface area contributed by atoms with Crippen LogP contribution < -0.4 is 5.73 Å². The third-order valence-corrected chi connectivity index (χ3v) is 2.68. The normalized spacial score (nSPS) is 12.8. The maximum absolute atomic E-state index is 11.8. The Bertz CT molecular complexity index is 470. The summed E-state index contributed by atoms with van der Waals surface area (Å²) in [5, 5.41) is 0.460. The van der Waals surface area contributed by atoms with Crippen molar-refractivity contribution in [3.05, 3.63) is 34.9 Å². The number of esters is 1. The van der Waals surface area contributed by atoms with Crippen LogP contribution in [0.25, 0.3) is 0 Å². The molecule has 104 valence electrons. The van der Waals surface area contributed by atoms with E-state index in [1.807, 2.05) is 0 Å². The number of carbonyl (C=O) groups excluding carboxylic acids is 2. The number of nitrogens with two attached hydrogens (primary N) is 1. The predicted molar refractivity (Wildman–Crippen MR) is 74.6 cm³/mol. The van der Waals surface area contributed by atoms with Crippen LogP contribution in [-0.4, -0.2) is 22.3 Å². The molecule has 1 amide bonds. The smallest absolute Gasteiger partial charge is 0.323 e. The predicted octanol–water partition coefficient (Wildman–Crippen LogP) is 2.82. The number of ether oxygens (including phenoxy) is 1. The highest BCUT2D eigenvalue weighted by Gasteiger charge is 2.30. The SMILES string of the molecule is NC(=O)C(C(=O)OCC(Cl)(Cl)Cl)c1ccc(Cl)cc1. The van der Waals surface area contributed by atoms with Crippen molar-refractivity contribution in [3.63, 3.8) is 0 Å². The first-order valence-electron chi connectivity index (χ1n) is 4.99. The summed E-state index contributed by atoms with van der Waals surface area (Å²) in [5.74, 6) is -3.03. The van der Waals surface area contributed by atoms with Gasteiger partial charge in [-0.2, -0.15) is 0 Å². The number of rotatable bonds is 4. The monoisotopic (exact) mass is 343 g/mol. The van der Waals surface area contributed by atoms with Crippen LogP contribution in [0.5, 0.6) is 0 Å². The summed E-state index contributed by atoms with van der Waals surface area (Å²) >= 11 is 22.1. The molecular formula is C11H9Cl4NO3. The molecule has 1 atom stereocenters. The summed E-state index contributed by atoms with van der Waals surface area (Å²) in [6, 6.07) is 6.03. The van der Waals surface area contributed by atoms with Crippen LogP contribution in [0, 0.1) is 0 Å². The number of primary amides is 1. The minimum atomic E-state index is -1.75. The molecule has 19 heavy (non-hydrogen) atoms. The van der Waals surface area contributed by atoms with E-state index in [-0.39, 0.29) is 0 Å². The van der Waals surface area contributed by atoms with Gasteiger partial charge in [0.1, 0.15) is 6.61 Å². The number of alkyl halides is 3. The summed E-state index contributed by atoms with van der Waals surface area (Å²) in [7, 11) is 0. The fraction of sp³-hybridized carbons (Fsp3) is 0.273. The van der Waals surface area contributed by atoms with Crippen LogP contribution in [0.15, 0.2) is 24.3 Å². The molecule has 0 saturated carbocycles. The first-order chi connectivity index (χ1) is 8.70. The second kappa shape index (κ2) is 6.66. The molecule has 0 aliphatic heterocycles. The summed E-state index contributed by atoms with van der Waals surface area (Å²) < 4.78 is 2.99. The Balaban J connectivity index is 2.86. The van der Waals surface area contributed by atoms with E-state index in [1.165, 1.54) is 24.3 Å². The van der Waals surface area contributed by atoms with Gasteiger partial charge in [-0.3, -0.25) is 9.59 Å². The van der Waals surface area contributed by atoms with Gasteiger partial charge < -0.3 is 10.5 Å². The lowest BCUT2D eigenvalue weighted by atomic mass is 9.99. The van der Waals surface area contributed by atoms with E-state index in [9.17, 15) is 9.59 Å². The van der Waals surface area contributed by atoms with E-state index in [2.05, 4.69) is 0 Å². The van der Waals surface area contributed by atoms with E-state index in [0.29, 0.717) is 10.6 Å². The second-order valence-corrected chi connectivity index (χ2v) is 6.56. The van der Waals surface area contributed by atoms with Gasteiger partial charge in [0.05, 0.1) is 0 Å². The van der Waals surface area contributed by atoms with Crippen LogP contribution in [0.1, 0.15) is 11.5 Å². The molecule has 0 radical (unpaired) electrons. The van der Waals surface area contributed by atoms with Crippen LogP contribution in [0.2, 0.25) is 5.02 Å². The number of benzene rings is 1. The highest BCUT2D eigenvalue weighted by Crippen LogP contribution is 2.27. The van der Waals surface area contributed by atoms with E-state index < -0.39 is 28.2 Å². The van der Waals surface area contributed by atoms with Gasteiger partial charge in [0.25, 0.3) is 0 Å². The largest absolute Gasteiger partial charge is 0.460 e. The quantitative estimate of drug-likeness (QED) is 0.518. The van der Waals surface area contributed by atoms with E-state index in [1.54, 1.807) is 0 Å². The van der Waals surface area contributed by atoms with Crippen molar-refractivity contribution >= 4 is 58.3 Å². The average molecular weight is 345 g/mol. The van der Waals surface area contributed by atoms with Gasteiger partial charge in [-0.1, -0.05) is 58.5 Å². The molecule has 8 heteroatoms. The highest BCUT2D eigenvalue weighted by molar-refractivity contribution is 6.67. The molecule has 1 rings (SSSR count). The molecule has 0 spiro atoms. The lowest BCUT2D eigenvalue weighted by Crippen LogP contribution is -2.31. The lowest BCUT2D eigenvalue weighted by molar-refractivity contribution is -0.148. The Hall–Kier alpha value is -0.680. The first-order valence-corrected chi connectivity index (χ1v) is 6.50. The first kappa shape index (κ1) is 16.4. The van der Waals surface area contributed by atoms with E-state index in [4.69, 9.17) is 56.9 Å². The van der Waals surface area contributed by atoms with Gasteiger partial charge in [0, 0.05) is 5.02 Å². The van der Waals surface area contributed by atoms with Crippen LogP contribution >= 0.6 is 46.4 Å². The molecular weight excluding hydrogens is 336 g/mol. The molecule has 1 aromatic carbocycles. The van der Waals surface area contributed by atoms with Crippen molar-refractivity contribution in [1.82, 2.24) is 0 Å². The fourth-order valence-electron chi connectivity index (χ4n) is 1.31. The molecule has 0 aromatic heterocycles. The van der Waals surface area contributed by atoms with Gasteiger partial charge in [-0.25, -0.2) is 0 Å². The summed E-state index contributed by atoms with van der Waals surface area (Å²) in [4.78, 5) is 23.1. The Morgan fingerprint density at radius 3 is 2.16 bits per heavy atom. The Morgan fingerprint density at radius 1 is 1.21 bits per heavy atom. The lowest BCUT2D eigenvalue weighted by Gasteiger charge is -2.16. The number of hydrogen-bond donors (Lipinski definition) is 1. The van der Waals surface area contributed by atoms with Crippen molar-refractivity contribution in [2.24, 2.45) is 5.73 Å². The summed E-state index contributed by atoms with van der Waals surface area (Å²) in [6.45, 7) is -0.478. The average Bonchev–Trinajstić information content (AvgIpc) is 2.28. The molecule has 2 N–H and O–H groups in total. The van der Waals surface area contributed by atoms with E-state index >= 15 is 0 Å². The molecule has 0 aliphatic rings. The van der Waals surface area contributed by atoms with Crippen molar-refractivity contribution < 1.29 is 14.3 Å². The zero-order valence-electron chi connectivity index (χ0n) is 9.41. The molecule has 1 aromatic rings. The van der Waals surface area contributed by atoms with Gasteiger partial charge in [-0.05, 0) is 17.7 Å². The van der Waals surface area contributed by atoms with Crippen molar-refractivity contribution in [1.29, 1.82) is 0 Å². The Morgan fingerprint density at radius 2 is 1.74 bits per heavy atom. The van der Waals surface area contributed by atoms with Crippen molar-refractivity contribution in [2.75, 3.05) is 6.61 Å². The zero-order chi connectivity index (χ0) is 14.6. The van der Waals surface area contributed by atoms with Gasteiger partial charge >= 0.3 is 5.97 Å². The molecule has 0 bridgehead atoms. The molecule has 1 unspecified atom stereocenters.